The number of hydrogen-bond acceptors (Lipinski definition) is 2. The number of aldehydes is 1. The Morgan fingerprint density at radius 3 is 2.47 bits per heavy atom. The highest BCUT2D eigenvalue weighted by molar-refractivity contribution is 5.78. The molecular formula is C13H19NO. The summed E-state index contributed by atoms with van der Waals surface area (Å²) >= 11 is 0. The van der Waals surface area contributed by atoms with Gasteiger partial charge in [0.2, 0.25) is 0 Å². The zero-order chi connectivity index (χ0) is 11.3. The highest BCUT2D eigenvalue weighted by Gasteiger charge is 2.04. The third kappa shape index (κ3) is 3.17. The summed E-state index contributed by atoms with van der Waals surface area (Å²) in [5.41, 5.74) is 9.86. The minimum atomic E-state index is 0.723. The standard InChI is InChI=1S/C13H19NO/c1-10-7-12(5-3-4-6-14)13(9-15)8-11(10)2/h7-9H,3-6,14H2,1-2H3. The predicted molar refractivity (Wildman–Crippen MR) is 63.3 cm³/mol. The first-order valence-corrected chi connectivity index (χ1v) is 5.44. The molecule has 15 heavy (non-hydrogen) atoms. The van der Waals surface area contributed by atoms with Crippen molar-refractivity contribution in [1.29, 1.82) is 0 Å². The quantitative estimate of drug-likeness (QED) is 0.592. The van der Waals surface area contributed by atoms with Gasteiger partial charge in [0, 0.05) is 5.56 Å². The molecule has 0 radical (unpaired) electrons. The first-order chi connectivity index (χ1) is 7.19. The van der Waals surface area contributed by atoms with Gasteiger partial charge >= 0.3 is 0 Å². The number of hydrogen-bond donors (Lipinski definition) is 1. The van der Waals surface area contributed by atoms with Gasteiger partial charge in [-0.25, -0.2) is 0 Å². The van der Waals surface area contributed by atoms with E-state index in [-0.39, 0.29) is 0 Å². The number of rotatable bonds is 5. The Kier molecular flexibility index (Phi) is 4.50. The second-order valence-corrected chi connectivity index (χ2v) is 4.00. The van der Waals surface area contributed by atoms with E-state index in [9.17, 15) is 4.79 Å². The van der Waals surface area contributed by atoms with Crippen LogP contribution in [0, 0.1) is 13.8 Å². The van der Waals surface area contributed by atoms with Crippen LogP contribution < -0.4 is 5.73 Å². The van der Waals surface area contributed by atoms with Gasteiger partial charge in [0.15, 0.2) is 0 Å². The van der Waals surface area contributed by atoms with Crippen LogP contribution in [0.15, 0.2) is 12.1 Å². The van der Waals surface area contributed by atoms with Crippen molar-refractivity contribution in [1.82, 2.24) is 0 Å². The Labute approximate surface area is 91.5 Å². The summed E-state index contributed by atoms with van der Waals surface area (Å²) in [4.78, 5) is 10.9. The van der Waals surface area contributed by atoms with Crippen LogP contribution in [0.2, 0.25) is 0 Å². The van der Waals surface area contributed by atoms with Crippen LogP contribution in [0.3, 0.4) is 0 Å². The summed E-state index contributed by atoms with van der Waals surface area (Å²) in [6.07, 6.45) is 3.97. The molecule has 0 saturated heterocycles. The largest absolute Gasteiger partial charge is 0.330 e. The van der Waals surface area contributed by atoms with Gasteiger partial charge in [0.1, 0.15) is 6.29 Å². The van der Waals surface area contributed by atoms with Crippen LogP contribution >= 0.6 is 0 Å². The maximum absolute atomic E-state index is 10.9. The van der Waals surface area contributed by atoms with Crippen molar-refractivity contribution in [3.8, 4) is 0 Å². The van der Waals surface area contributed by atoms with Crippen molar-refractivity contribution in [2.75, 3.05) is 6.54 Å². The van der Waals surface area contributed by atoms with Gasteiger partial charge < -0.3 is 5.73 Å². The van der Waals surface area contributed by atoms with Crippen LogP contribution in [0.4, 0.5) is 0 Å². The summed E-state index contributed by atoms with van der Waals surface area (Å²) in [5, 5.41) is 0. The average Bonchev–Trinajstić information content (AvgIpc) is 2.23. The summed E-state index contributed by atoms with van der Waals surface area (Å²) in [5.74, 6) is 0. The number of unbranched alkanes of at least 4 members (excludes halogenated alkanes) is 1. The van der Waals surface area contributed by atoms with Gasteiger partial charge in [-0.15, -0.1) is 0 Å². The summed E-state index contributed by atoms with van der Waals surface area (Å²) in [6, 6.07) is 4.09. The number of carbonyl (C=O) groups is 1. The predicted octanol–water partition coefficient (Wildman–Crippen LogP) is 2.40. The Morgan fingerprint density at radius 2 is 1.87 bits per heavy atom. The lowest BCUT2D eigenvalue weighted by atomic mass is 9.97. The fourth-order valence-corrected chi connectivity index (χ4v) is 1.68. The minimum absolute atomic E-state index is 0.723. The van der Waals surface area contributed by atoms with Crippen molar-refractivity contribution < 1.29 is 4.79 Å². The van der Waals surface area contributed by atoms with E-state index in [1.54, 1.807) is 0 Å². The third-order valence-corrected chi connectivity index (χ3v) is 2.78. The molecule has 0 heterocycles. The molecule has 0 aliphatic carbocycles. The number of carbonyl (C=O) groups excluding carboxylic acids is 1. The van der Waals surface area contributed by atoms with E-state index >= 15 is 0 Å². The van der Waals surface area contributed by atoms with E-state index in [4.69, 9.17) is 5.73 Å². The van der Waals surface area contributed by atoms with E-state index in [1.165, 1.54) is 11.1 Å². The number of aryl methyl sites for hydroxylation is 3. The van der Waals surface area contributed by atoms with E-state index in [0.717, 1.165) is 43.2 Å². The molecular weight excluding hydrogens is 186 g/mol. The zero-order valence-corrected chi connectivity index (χ0v) is 9.55. The normalized spacial score (nSPS) is 10.3. The second-order valence-electron chi connectivity index (χ2n) is 4.00. The van der Waals surface area contributed by atoms with E-state index < -0.39 is 0 Å². The molecule has 1 aromatic rings. The molecule has 0 aromatic heterocycles. The van der Waals surface area contributed by atoms with Gasteiger partial charge in [0.05, 0.1) is 0 Å². The maximum atomic E-state index is 10.9. The molecule has 2 N–H and O–H groups in total. The fourth-order valence-electron chi connectivity index (χ4n) is 1.68. The summed E-state index contributed by atoms with van der Waals surface area (Å²) in [6.45, 7) is 4.84. The number of benzene rings is 1. The molecule has 0 saturated carbocycles. The molecule has 1 rings (SSSR count). The third-order valence-electron chi connectivity index (χ3n) is 2.78. The Balaban J connectivity index is 2.85. The molecule has 2 nitrogen and oxygen atoms in total. The van der Waals surface area contributed by atoms with Gasteiger partial charge in [-0.2, -0.15) is 0 Å². The Morgan fingerprint density at radius 1 is 1.20 bits per heavy atom. The molecule has 2 heteroatoms. The minimum Gasteiger partial charge on any atom is -0.330 e. The molecule has 0 aliphatic heterocycles. The Bertz CT molecular complexity index is 345. The van der Waals surface area contributed by atoms with Crippen molar-refractivity contribution in [3.05, 3.63) is 34.4 Å². The lowest BCUT2D eigenvalue weighted by molar-refractivity contribution is 0.112. The molecule has 0 fully saturated rings. The van der Waals surface area contributed by atoms with Crippen molar-refractivity contribution in [3.63, 3.8) is 0 Å². The van der Waals surface area contributed by atoms with E-state index in [0.29, 0.717) is 0 Å². The lowest BCUT2D eigenvalue weighted by Gasteiger charge is -2.08. The zero-order valence-electron chi connectivity index (χ0n) is 9.55. The first kappa shape index (κ1) is 11.9. The first-order valence-electron chi connectivity index (χ1n) is 5.44. The van der Waals surface area contributed by atoms with Crippen LogP contribution in [0.25, 0.3) is 0 Å². The fraction of sp³-hybridized carbons (Fsp3) is 0.462. The monoisotopic (exact) mass is 205 g/mol. The average molecular weight is 205 g/mol. The van der Waals surface area contributed by atoms with E-state index in [1.807, 2.05) is 13.0 Å². The summed E-state index contributed by atoms with van der Waals surface area (Å²) < 4.78 is 0. The smallest absolute Gasteiger partial charge is 0.150 e. The van der Waals surface area contributed by atoms with E-state index in [2.05, 4.69) is 13.0 Å². The molecule has 0 bridgehead atoms. The Hall–Kier alpha value is -1.15. The van der Waals surface area contributed by atoms with Crippen LogP contribution in [0.1, 0.15) is 39.9 Å². The molecule has 82 valence electrons. The molecule has 0 spiro atoms. The molecule has 1 aromatic carbocycles. The SMILES string of the molecule is Cc1cc(C=O)c(CCCCN)cc1C. The van der Waals surface area contributed by atoms with Crippen LogP contribution in [-0.2, 0) is 6.42 Å². The number of nitrogens with two attached hydrogens (primary N) is 1. The van der Waals surface area contributed by atoms with Crippen LogP contribution in [0.5, 0.6) is 0 Å². The molecule has 0 aliphatic rings. The molecule has 0 atom stereocenters. The van der Waals surface area contributed by atoms with Crippen LogP contribution in [-0.4, -0.2) is 12.8 Å². The maximum Gasteiger partial charge on any atom is 0.150 e. The second kappa shape index (κ2) is 5.66. The van der Waals surface area contributed by atoms with Crippen molar-refractivity contribution in [2.45, 2.75) is 33.1 Å². The topological polar surface area (TPSA) is 43.1 Å². The lowest BCUT2D eigenvalue weighted by Crippen LogP contribution is -2.01. The summed E-state index contributed by atoms with van der Waals surface area (Å²) in [7, 11) is 0. The van der Waals surface area contributed by atoms with Crippen molar-refractivity contribution in [2.24, 2.45) is 5.73 Å². The molecule has 0 unspecified atom stereocenters. The van der Waals surface area contributed by atoms with Gasteiger partial charge in [-0.1, -0.05) is 6.07 Å². The molecule has 0 amide bonds. The van der Waals surface area contributed by atoms with Gasteiger partial charge in [-0.05, 0) is 62.4 Å². The van der Waals surface area contributed by atoms with Crippen molar-refractivity contribution >= 4 is 6.29 Å². The highest BCUT2D eigenvalue weighted by atomic mass is 16.1. The highest BCUT2D eigenvalue weighted by Crippen LogP contribution is 2.16. The van der Waals surface area contributed by atoms with Gasteiger partial charge in [-0.3, -0.25) is 4.79 Å². The van der Waals surface area contributed by atoms with Gasteiger partial charge in [0.25, 0.3) is 0 Å².